The van der Waals surface area contributed by atoms with Crippen molar-refractivity contribution in [2.75, 3.05) is 6.61 Å². The second kappa shape index (κ2) is 7.27. The number of hydrogen-bond donors (Lipinski definition) is 1. The zero-order valence-electron chi connectivity index (χ0n) is 13.5. The molecule has 10 heteroatoms. The molecule has 132 valence electrons. The summed E-state index contributed by atoms with van der Waals surface area (Å²) >= 11 is 0. The number of aliphatic hydroxyl groups is 1. The standard InChI is InChI=1S/C17H9BFN3O5/c18-17(24)21-9-10(2-1-7-23)15-14(5-6-20-16(15)21)27-13-4-3-11(22(25)26)8-12(13)19/h3-6,8-9,23H,7H2. The van der Waals surface area contributed by atoms with Gasteiger partial charge in [-0.15, -0.1) is 0 Å². The van der Waals surface area contributed by atoms with E-state index in [-0.39, 0.29) is 28.1 Å². The van der Waals surface area contributed by atoms with Crippen molar-refractivity contribution in [1.82, 2.24) is 9.55 Å². The van der Waals surface area contributed by atoms with Gasteiger partial charge in [-0.2, -0.15) is 0 Å². The Labute approximate surface area is 152 Å². The minimum atomic E-state index is -0.938. The predicted molar refractivity (Wildman–Crippen MR) is 93.4 cm³/mol. The fourth-order valence-corrected chi connectivity index (χ4v) is 2.41. The van der Waals surface area contributed by atoms with Crippen LogP contribution in [-0.4, -0.2) is 39.8 Å². The first-order valence-corrected chi connectivity index (χ1v) is 7.43. The maximum Gasteiger partial charge on any atom is 0.272 e. The molecule has 0 amide bonds. The number of rotatable bonds is 3. The van der Waals surface area contributed by atoms with Gasteiger partial charge in [-0.3, -0.25) is 19.5 Å². The third-order valence-electron chi connectivity index (χ3n) is 3.53. The number of non-ortho nitro benzene ring substituents is 1. The fourth-order valence-electron chi connectivity index (χ4n) is 2.41. The number of pyridine rings is 1. The number of aliphatic hydroxyl groups excluding tert-OH is 1. The van der Waals surface area contributed by atoms with Crippen LogP contribution < -0.4 is 4.74 Å². The molecule has 1 N–H and O–H groups in total. The topological polar surface area (TPSA) is 107 Å². The smallest absolute Gasteiger partial charge is 0.272 e. The monoisotopic (exact) mass is 365 g/mol. The Morgan fingerprint density at radius 1 is 1.41 bits per heavy atom. The van der Waals surface area contributed by atoms with Crippen LogP contribution >= 0.6 is 0 Å². The first kappa shape index (κ1) is 18.1. The average Bonchev–Trinajstić information content (AvgIpc) is 3.01. The quantitative estimate of drug-likeness (QED) is 0.330. The number of hydrogen-bond acceptors (Lipinski definition) is 6. The van der Waals surface area contributed by atoms with Crippen LogP contribution in [0.2, 0.25) is 0 Å². The molecule has 3 aromatic rings. The molecule has 0 fully saturated rings. The second-order valence-corrected chi connectivity index (χ2v) is 5.19. The normalized spacial score (nSPS) is 10.3. The van der Waals surface area contributed by atoms with Crippen LogP contribution in [-0.2, 0) is 0 Å². The van der Waals surface area contributed by atoms with Crippen LogP contribution in [0.1, 0.15) is 5.56 Å². The Morgan fingerprint density at radius 3 is 2.81 bits per heavy atom. The van der Waals surface area contributed by atoms with E-state index in [2.05, 4.69) is 16.8 Å². The lowest BCUT2D eigenvalue weighted by Crippen LogP contribution is -2.07. The first-order chi connectivity index (χ1) is 12.9. The highest BCUT2D eigenvalue weighted by Crippen LogP contribution is 2.34. The van der Waals surface area contributed by atoms with Gasteiger partial charge in [0.2, 0.25) is 7.85 Å². The van der Waals surface area contributed by atoms with Gasteiger partial charge in [-0.05, 0) is 12.1 Å². The molecule has 3 rings (SSSR count). The van der Waals surface area contributed by atoms with Gasteiger partial charge >= 0.3 is 0 Å². The van der Waals surface area contributed by atoms with Gasteiger partial charge in [-0.1, -0.05) is 11.8 Å². The summed E-state index contributed by atoms with van der Waals surface area (Å²) in [5.74, 6) is 3.17. The van der Waals surface area contributed by atoms with Gasteiger partial charge in [-0.25, -0.2) is 9.37 Å². The molecule has 0 aliphatic rings. The molecule has 0 aliphatic carbocycles. The predicted octanol–water partition coefficient (Wildman–Crippen LogP) is 2.36. The van der Waals surface area contributed by atoms with Crippen molar-refractivity contribution in [3.8, 4) is 23.3 Å². The van der Waals surface area contributed by atoms with Crippen molar-refractivity contribution in [2.45, 2.75) is 0 Å². The van der Waals surface area contributed by atoms with E-state index >= 15 is 0 Å². The van der Waals surface area contributed by atoms with Crippen LogP contribution in [0.15, 0.2) is 36.7 Å². The summed E-state index contributed by atoms with van der Waals surface area (Å²) in [6, 6.07) is 4.36. The van der Waals surface area contributed by atoms with Gasteiger partial charge in [0.25, 0.3) is 5.69 Å². The molecular formula is C17H9BFN3O5. The van der Waals surface area contributed by atoms with E-state index in [1.807, 2.05) is 0 Å². The number of nitrogens with zero attached hydrogens (tertiary/aromatic N) is 3. The van der Waals surface area contributed by atoms with Crippen LogP contribution in [0.3, 0.4) is 0 Å². The summed E-state index contributed by atoms with van der Waals surface area (Å²) in [5, 5.41) is 19.9. The highest BCUT2D eigenvalue weighted by atomic mass is 19.1. The van der Waals surface area contributed by atoms with Crippen molar-refractivity contribution < 1.29 is 24.0 Å². The lowest BCUT2D eigenvalue weighted by Gasteiger charge is -2.08. The molecule has 2 aromatic heterocycles. The number of carbonyl (C=O) groups is 1. The SMILES string of the molecule is [B]C(=O)n1cc(C#CCO)c2c(Oc3ccc([N+](=O)[O-])cc3F)ccnc21. The Balaban J connectivity index is 2.15. The fraction of sp³-hybridized carbons (Fsp3) is 0.0588. The maximum absolute atomic E-state index is 14.1. The summed E-state index contributed by atoms with van der Waals surface area (Å²) in [4.78, 5) is 25.7. The number of nitro benzene ring substituents is 1. The number of nitro groups is 1. The zero-order valence-corrected chi connectivity index (χ0v) is 13.5. The molecule has 1 aromatic carbocycles. The van der Waals surface area contributed by atoms with E-state index in [1.54, 1.807) is 0 Å². The number of ether oxygens (including phenoxy) is 1. The minimum Gasteiger partial charge on any atom is -0.453 e. The lowest BCUT2D eigenvalue weighted by molar-refractivity contribution is -0.385. The molecule has 2 radical (unpaired) electrons. The third kappa shape index (κ3) is 3.49. The highest BCUT2D eigenvalue weighted by molar-refractivity contribution is 6.58. The number of halogens is 1. The molecule has 27 heavy (non-hydrogen) atoms. The highest BCUT2D eigenvalue weighted by Gasteiger charge is 2.18. The van der Waals surface area contributed by atoms with Gasteiger partial charge in [0.05, 0.1) is 21.9 Å². The lowest BCUT2D eigenvalue weighted by atomic mass is 10.1. The molecule has 0 atom stereocenters. The molecule has 8 nitrogen and oxygen atoms in total. The van der Waals surface area contributed by atoms with E-state index in [4.69, 9.17) is 17.7 Å². The number of benzene rings is 1. The van der Waals surface area contributed by atoms with Crippen LogP contribution in [0.4, 0.5) is 14.9 Å². The molecular weight excluding hydrogens is 356 g/mol. The Hall–Kier alpha value is -3.71. The molecule has 0 spiro atoms. The summed E-state index contributed by atoms with van der Waals surface area (Å²) in [6.07, 6.45) is 2.64. The van der Waals surface area contributed by atoms with Gasteiger partial charge in [0, 0.05) is 18.5 Å². The summed E-state index contributed by atoms with van der Waals surface area (Å²) in [7, 11) is 5.32. The Morgan fingerprint density at radius 2 is 2.19 bits per heavy atom. The van der Waals surface area contributed by atoms with Crippen molar-refractivity contribution >= 4 is 30.4 Å². The Kier molecular flexibility index (Phi) is 4.87. The Bertz CT molecular complexity index is 1130. The largest absolute Gasteiger partial charge is 0.453 e. The van der Waals surface area contributed by atoms with Crippen LogP contribution in [0.25, 0.3) is 11.0 Å². The van der Waals surface area contributed by atoms with Gasteiger partial charge < -0.3 is 9.84 Å². The number of fused-ring (bicyclic) bond motifs is 1. The number of carbonyl (C=O) groups excluding carboxylic acids is 1. The minimum absolute atomic E-state index is 0.106. The summed E-state index contributed by atoms with van der Waals surface area (Å²) < 4.78 is 20.7. The van der Waals surface area contributed by atoms with E-state index in [1.165, 1.54) is 18.5 Å². The van der Waals surface area contributed by atoms with Crippen LogP contribution in [0, 0.1) is 27.8 Å². The van der Waals surface area contributed by atoms with Crippen LogP contribution in [0.5, 0.6) is 11.5 Å². The van der Waals surface area contributed by atoms with Crippen molar-refractivity contribution in [3.63, 3.8) is 0 Å². The second-order valence-electron chi connectivity index (χ2n) is 5.19. The van der Waals surface area contributed by atoms with E-state index in [0.29, 0.717) is 0 Å². The van der Waals surface area contributed by atoms with Crippen molar-refractivity contribution in [1.29, 1.82) is 0 Å². The summed E-state index contributed by atoms with van der Waals surface area (Å²) in [5.41, 5.74) is -0.0121. The van der Waals surface area contributed by atoms with Gasteiger partial charge in [0.1, 0.15) is 12.4 Å². The van der Waals surface area contributed by atoms with Crippen molar-refractivity contribution in [3.05, 3.63) is 58.2 Å². The molecule has 2 heterocycles. The summed E-state index contributed by atoms with van der Waals surface area (Å²) in [6.45, 7) is -0.420. The molecule has 0 saturated heterocycles. The maximum atomic E-state index is 14.1. The van der Waals surface area contributed by atoms with E-state index < -0.39 is 28.8 Å². The first-order valence-electron chi connectivity index (χ1n) is 7.43. The van der Waals surface area contributed by atoms with E-state index in [0.717, 1.165) is 22.8 Å². The molecule has 0 aliphatic heterocycles. The zero-order chi connectivity index (χ0) is 19.6. The number of aromatic nitrogens is 2. The molecule has 0 saturated carbocycles. The van der Waals surface area contributed by atoms with Gasteiger partial charge in [0.15, 0.2) is 23.0 Å². The van der Waals surface area contributed by atoms with Crippen molar-refractivity contribution in [2.24, 2.45) is 0 Å². The molecule has 0 unspecified atom stereocenters. The average molecular weight is 365 g/mol. The third-order valence-corrected chi connectivity index (χ3v) is 3.53. The molecule has 0 bridgehead atoms. The van der Waals surface area contributed by atoms with E-state index in [9.17, 15) is 19.3 Å².